The van der Waals surface area contributed by atoms with Crippen molar-refractivity contribution in [2.24, 2.45) is 0 Å². The summed E-state index contributed by atoms with van der Waals surface area (Å²) in [7, 11) is 0. The Kier molecular flexibility index (Phi) is 10.8. The van der Waals surface area contributed by atoms with E-state index in [9.17, 15) is 0 Å². The van der Waals surface area contributed by atoms with Crippen LogP contribution in [0.5, 0.6) is 0 Å². The molecule has 0 aromatic heterocycles. The molecule has 0 saturated heterocycles. The zero-order chi connectivity index (χ0) is 53.9. The average molecular weight is 1090 g/mol. The average Bonchev–Trinajstić information content (AvgIpc) is 3.57. The van der Waals surface area contributed by atoms with Gasteiger partial charge in [-0.05, 0) is 149 Å². The second-order valence-corrected chi connectivity index (χ2v) is 21.5. The highest BCUT2D eigenvalue weighted by molar-refractivity contribution is 9.10. The van der Waals surface area contributed by atoms with E-state index in [-0.39, 0.29) is 0 Å². The predicted octanol–water partition coefficient (Wildman–Crippen LogP) is 18.4. The summed E-state index contributed by atoms with van der Waals surface area (Å²) in [5.41, 5.74) is 14.7. The van der Waals surface area contributed by atoms with Gasteiger partial charge in [0.05, 0.1) is 16.9 Å². The number of rotatable bonds is 8. The molecule has 6 nitrogen and oxygen atoms in total. The van der Waals surface area contributed by atoms with Gasteiger partial charge in [0.15, 0.2) is 0 Å². The highest BCUT2D eigenvalue weighted by Gasteiger charge is 2.40. The summed E-state index contributed by atoms with van der Waals surface area (Å²) in [4.78, 5) is 64.6. The maximum absolute atomic E-state index is 15.5. The largest absolute Gasteiger partial charge is 0.268 e. The lowest BCUT2D eigenvalue weighted by molar-refractivity contribution is 0.0877. The number of hydrogen-bond acceptors (Lipinski definition) is 4. The number of aryl methyl sites for hydroxylation is 1. The SMILES string of the molecule is Cc1cc2c3c(ccc4c5c(Br)cc6c7c(ccc(c1c34)c75)C(=O)N(c1cc(-c3ccccc3)c(-c3ccccc3)c(-c3ccccc3)c1)C6=O)C(=O)N(c1cc(-c3ccccc3)c(-c3ccccc3)c(-c3ccccc3)c1)C2=O. The Morgan fingerprint density at radius 3 is 0.938 bits per heavy atom. The van der Waals surface area contributed by atoms with Crippen LogP contribution in [0.15, 0.2) is 247 Å². The first kappa shape index (κ1) is 47.2. The van der Waals surface area contributed by atoms with Crippen molar-refractivity contribution in [1.82, 2.24) is 0 Å². The molecule has 2 heterocycles. The van der Waals surface area contributed by atoms with Gasteiger partial charge in [-0.1, -0.05) is 210 Å². The summed E-state index contributed by atoms with van der Waals surface area (Å²) < 4.78 is 0.648. The molecule has 0 spiro atoms. The van der Waals surface area contributed by atoms with Gasteiger partial charge >= 0.3 is 0 Å². The number of nitrogens with zero attached hydrogens (tertiary/aromatic N) is 2. The summed E-state index contributed by atoms with van der Waals surface area (Å²) in [6.07, 6.45) is 0. The highest BCUT2D eigenvalue weighted by Crippen LogP contribution is 2.52. The lowest BCUT2D eigenvalue weighted by Gasteiger charge is -2.32. The Hall–Kier alpha value is -10.1. The van der Waals surface area contributed by atoms with Crippen molar-refractivity contribution in [2.45, 2.75) is 6.92 Å². The Bertz CT molecular complexity index is 4350. The lowest BCUT2D eigenvalue weighted by Crippen LogP contribution is -2.41. The number of anilines is 2. The van der Waals surface area contributed by atoms with Crippen LogP contribution >= 0.6 is 15.9 Å². The molecule has 4 amide bonds. The summed E-state index contributed by atoms with van der Waals surface area (Å²) >= 11 is 3.97. The minimum atomic E-state index is -0.441. The van der Waals surface area contributed by atoms with Crippen molar-refractivity contribution in [3.63, 3.8) is 0 Å². The topological polar surface area (TPSA) is 74.8 Å². The molecule has 0 N–H and O–H groups in total. The first-order valence-corrected chi connectivity index (χ1v) is 27.4. The van der Waals surface area contributed by atoms with Gasteiger partial charge < -0.3 is 0 Å². The number of fused-ring (bicyclic) bond motifs is 2. The van der Waals surface area contributed by atoms with Gasteiger partial charge in [-0.3, -0.25) is 19.2 Å². The van der Waals surface area contributed by atoms with E-state index in [4.69, 9.17) is 0 Å². The molecule has 0 saturated carbocycles. The number of imide groups is 2. The monoisotopic (exact) mass is 1090 g/mol. The minimum absolute atomic E-state index is 0.387. The van der Waals surface area contributed by atoms with Crippen molar-refractivity contribution < 1.29 is 19.2 Å². The molecule has 0 fully saturated rings. The predicted molar refractivity (Wildman–Crippen MR) is 328 cm³/mol. The van der Waals surface area contributed by atoms with Gasteiger partial charge in [0.25, 0.3) is 23.6 Å². The van der Waals surface area contributed by atoms with E-state index in [1.807, 2.05) is 177 Å². The summed E-state index contributed by atoms with van der Waals surface area (Å²) in [6.45, 7) is 1.99. The number of carbonyl (C=O) groups excluding carboxylic acids is 4. The van der Waals surface area contributed by atoms with E-state index in [2.05, 4.69) is 88.7 Å². The number of benzene rings is 13. The third kappa shape index (κ3) is 7.04. The van der Waals surface area contributed by atoms with E-state index in [1.54, 1.807) is 0 Å². The van der Waals surface area contributed by atoms with Crippen LogP contribution in [-0.4, -0.2) is 23.6 Å². The van der Waals surface area contributed by atoms with Crippen LogP contribution in [0.2, 0.25) is 0 Å². The fourth-order valence-corrected chi connectivity index (χ4v) is 13.5. The molecule has 7 heteroatoms. The first-order chi connectivity index (χ1) is 39.2. The van der Waals surface area contributed by atoms with Crippen molar-refractivity contribution >= 4 is 94.0 Å². The number of hydrogen-bond donors (Lipinski definition) is 0. The molecule has 2 aliphatic heterocycles. The van der Waals surface area contributed by atoms with E-state index in [0.29, 0.717) is 48.9 Å². The third-order valence-electron chi connectivity index (χ3n) is 16.2. The number of carbonyl (C=O) groups is 4. The molecular weight excluding hydrogens is 1050 g/mol. The Labute approximate surface area is 468 Å². The first-order valence-electron chi connectivity index (χ1n) is 26.6. The maximum Gasteiger partial charge on any atom is 0.266 e. The fourth-order valence-electron chi connectivity index (χ4n) is 12.8. The molecule has 0 atom stereocenters. The Morgan fingerprint density at radius 1 is 0.275 bits per heavy atom. The van der Waals surface area contributed by atoms with Gasteiger partial charge in [-0.25, -0.2) is 9.80 Å². The Balaban J connectivity index is 0.908. The molecule has 0 radical (unpaired) electrons. The smallest absolute Gasteiger partial charge is 0.266 e. The van der Waals surface area contributed by atoms with Crippen LogP contribution in [0.4, 0.5) is 11.4 Å². The van der Waals surface area contributed by atoms with E-state index >= 15 is 19.2 Å². The van der Waals surface area contributed by atoms with Gasteiger partial charge in [0, 0.05) is 42.7 Å². The maximum atomic E-state index is 15.5. The number of amides is 4. The van der Waals surface area contributed by atoms with Gasteiger partial charge in [0.1, 0.15) is 0 Å². The van der Waals surface area contributed by atoms with Crippen molar-refractivity contribution in [3.05, 3.63) is 275 Å². The molecule has 80 heavy (non-hydrogen) atoms. The van der Waals surface area contributed by atoms with E-state index < -0.39 is 23.6 Å². The molecule has 13 aromatic rings. The van der Waals surface area contributed by atoms with Crippen LogP contribution < -0.4 is 9.80 Å². The van der Waals surface area contributed by atoms with Crippen molar-refractivity contribution in [3.8, 4) is 66.8 Å². The molecule has 0 aliphatic carbocycles. The van der Waals surface area contributed by atoms with Gasteiger partial charge in [-0.2, -0.15) is 0 Å². The molecule has 0 unspecified atom stereocenters. The van der Waals surface area contributed by atoms with Crippen molar-refractivity contribution in [2.75, 3.05) is 9.80 Å². The minimum Gasteiger partial charge on any atom is -0.268 e. The molecular formula is C73H43BrN2O4. The normalized spacial score (nSPS) is 13.2. The Morgan fingerprint density at radius 2 is 0.575 bits per heavy atom. The molecule has 2 aliphatic rings. The summed E-state index contributed by atoms with van der Waals surface area (Å²) in [6, 6.07) is 80.0. The molecule has 376 valence electrons. The number of halogens is 1. The standard InChI is InChI=1S/C73H43BrN2O4/c1-42-36-59-65-53(70(77)75(72(59)79)49-37-55(43-20-8-2-9-21-43)63(47-28-16-6-17-29-47)56(38-49)44-22-10-3-11-23-44)35-33-52-67-61(74)41-60-66-54(34-32-51(69(66)67)62(42)68(52)65)71(78)76(73(60)80)50-39-57(45-24-12-4-13-25-45)64(48-30-18-7-19-31-48)58(40-50)46-26-14-5-15-27-46/h2-41H,1H3. The van der Waals surface area contributed by atoms with Crippen LogP contribution in [0.1, 0.15) is 47.0 Å². The second kappa shape index (κ2) is 18.3. The summed E-state index contributed by atoms with van der Waals surface area (Å²) in [5, 5.41) is 5.93. The summed E-state index contributed by atoms with van der Waals surface area (Å²) in [5.74, 6) is -1.72. The van der Waals surface area contributed by atoms with E-state index in [1.165, 1.54) is 9.80 Å². The highest BCUT2D eigenvalue weighted by atomic mass is 79.9. The third-order valence-corrected chi connectivity index (χ3v) is 16.8. The van der Waals surface area contributed by atoms with Crippen LogP contribution in [0.25, 0.3) is 110 Å². The molecule has 0 bridgehead atoms. The zero-order valence-electron chi connectivity index (χ0n) is 43.0. The fraction of sp³-hybridized carbons (Fsp3) is 0.0137. The second-order valence-electron chi connectivity index (χ2n) is 20.6. The quantitative estimate of drug-likeness (QED) is 0.0863. The van der Waals surface area contributed by atoms with Crippen LogP contribution in [-0.2, 0) is 0 Å². The van der Waals surface area contributed by atoms with Crippen molar-refractivity contribution in [1.29, 1.82) is 0 Å². The van der Waals surface area contributed by atoms with Crippen LogP contribution in [0.3, 0.4) is 0 Å². The van der Waals surface area contributed by atoms with Crippen LogP contribution in [0, 0.1) is 6.92 Å². The van der Waals surface area contributed by atoms with E-state index in [0.717, 1.165) is 105 Å². The molecule has 13 aromatic carbocycles. The lowest BCUT2D eigenvalue weighted by atomic mass is 9.80. The van der Waals surface area contributed by atoms with Gasteiger partial charge in [-0.15, -0.1) is 0 Å². The zero-order valence-corrected chi connectivity index (χ0v) is 44.6. The van der Waals surface area contributed by atoms with Gasteiger partial charge in [0.2, 0.25) is 0 Å². The molecule has 15 rings (SSSR count).